The molecule has 0 spiro atoms. The Morgan fingerprint density at radius 3 is 2.27 bits per heavy atom. The Kier molecular flexibility index (Phi) is 7.05. The van der Waals surface area contributed by atoms with Crippen LogP contribution in [0.3, 0.4) is 0 Å². The first-order valence-corrected chi connectivity index (χ1v) is 5.46. The van der Waals surface area contributed by atoms with Crippen LogP contribution in [0.5, 0.6) is 0 Å². The molecule has 1 aliphatic rings. The molecule has 0 radical (unpaired) electrons. The molecule has 1 fully saturated rings. The van der Waals surface area contributed by atoms with Gasteiger partial charge in [0.05, 0.1) is 0 Å². The van der Waals surface area contributed by atoms with Crippen molar-refractivity contribution in [2.45, 2.75) is 46.1 Å². The summed E-state index contributed by atoms with van der Waals surface area (Å²) < 4.78 is 4.55. The fourth-order valence-electron chi connectivity index (χ4n) is 1.17. The highest BCUT2D eigenvalue weighted by Gasteiger charge is 2.07. The molecule has 15 heavy (non-hydrogen) atoms. The van der Waals surface area contributed by atoms with E-state index in [-0.39, 0.29) is 5.60 Å². The quantitative estimate of drug-likeness (QED) is 0.536. The summed E-state index contributed by atoms with van der Waals surface area (Å²) in [6.45, 7) is 10.4. The minimum Gasteiger partial charge on any atom is -0.462 e. The summed E-state index contributed by atoms with van der Waals surface area (Å²) in [6, 6.07) is 0. The third kappa shape index (κ3) is 9.47. The zero-order valence-electron chi connectivity index (χ0n) is 10.3. The zero-order chi connectivity index (χ0) is 11.7. The molecule has 1 N–H and O–H groups in total. The molecule has 1 aliphatic heterocycles. The summed E-state index contributed by atoms with van der Waals surface area (Å²) in [7, 11) is 0. The molecule has 1 rings (SSSR count). The Morgan fingerprint density at radius 1 is 1.40 bits per heavy atom. The van der Waals surface area contributed by atoms with Gasteiger partial charge < -0.3 is 10.1 Å². The maximum absolute atomic E-state index is 9.60. The number of piperidine rings is 1. The van der Waals surface area contributed by atoms with Crippen molar-refractivity contribution in [2.24, 2.45) is 0 Å². The van der Waals surface area contributed by atoms with Gasteiger partial charge in [-0.25, -0.2) is 0 Å². The molecule has 0 unspecified atom stereocenters. The van der Waals surface area contributed by atoms with E-state index in [1.165, 1.54) is 19.4 Å². The van der Waals surface area contributed by atoms with Gasteiger partial charge in [-0.3, -0.25) is 4.79 Å². The van der Waals surface area contributed by atoms with Crippen molar-refractivity contribution in [3.63, 3.8) is 0 Å². The van der Waals surface area contributed by atoms with E-state index in [0.29, 0.717) is 6.47 Å². The van der Waals surface area contributed by atoms with E-state index in [4.69, 9.17) is 0 Å². The summed E-state index contributed by atoms with van der Waals surface area (Å²) in [5, 5.41) is 3.32. The van der Waals surface area contributed by atoms with Crippen molar-refractivity contribution >= 4 is 6.47 Å². The average molecular weight is 213 g/mol. The summed E-state index contributed by atoms with van der Waals surface area (Å²) in [5.41, 5.74) is 1.25. The predicted octanol–water partition coefficient (Wildman–Crippen LogP) is 2.27. The minimum absolute atomic E-state index is 0.318. The Morgan fingerprint density at radius 2 is 2.07 bits per heavy atom. The Balaban J connectivity index is 0.000000265. The van der Waals surface area contributed by atoms with Crippen LogP contribution in [0.25, 0.3) is 0 Å². The van der Waals surface area contributed by atoms with Gasteiger partial charge in [0.1, 0.15) is 5.60 Å². The molecule has 0 bridgehead atoms. The van der Waals surface area contributed by atoms with Crippen LogP contribution in [0.4, 0.5) is 0 Å². The SMILES string of the molecule is CC(C)(C)OC=O.CC=C1CCCNC1. The van der Waals surface area contributed by atoms with Gasteiger partial charge in [-0.05, 0) is 47.1 Å². The van der Waals surface area contributed by atoms with Gasteiger partial charge >= 0.3 is 0 Å². The predicted molar refractivity (Wildman–Crippen MR) is 62.8 cm³/mol. The maximum Gasteiger partial charge on any atom is 0.293 e. The van der Waals surface area contributed by atoms with Crippen molar-refractivity contribution in [1.29, 1.82) is 0 Å². The fourth-order valence-corrected chi connectivity index (χ4v) is 1.17. The third-order valence-corrected chi connectivity index (χ3v) is 2.01. The lowest BCUT2D eigenvalue weighted by atomic mass is 10.1. The normalized spacial score (nSPS) is 19.1. The molecule has 3 heteroatoms. The Labute approximate surface area is 92.9 Å². The van der Waals surface area contributed by atoms with Gasteiger partial charge in [0.25, 0.3) is 6.47 Å². The number of carbonyl (C=O) groups is 1. The van der Waals surface area contributed by atoms with Gasteiger partial charge in [0, 0.05) is 6.54 Å². The highest BCUT2D eigenvalue weighted by atomic mass is 16.5. The van der Waals surface area contributed by atoms with Crippen LogP contribution in [0.1, 0.15) is 40.5 Å². The Hall–Kier alpha value is -0.830. The summed E-state index contributed by atoms with van der Waals surface area (Å²) in [5.74, 6) is 0. The van der Waals surface area contributed by atoms with Crippen LogP contribution in [0, 0.1) is 0 Å². The van der Waals surface area contributed by atoms with Crippen LogP contribution in [-0.2, 0) is 9.53 Å². The first-order chi connectivity index (χ1) is 6.99. The van der Waals surface area contributed by atoms with Gasteiger partial charge in [-0.2, -0.15) is 0 Å². The van der Waals surface area contributed by atoms with Crippen molar-refractivity contribution in [2.75, 3.05) is 13.1 Å². The molecule has 3 nitrogen and oxygen atoms in total. The standard InChI is InChI=1S/C7H13N.C5H10O2/c1-2-7-4-3-5-8-6-7;1-5(2,3)7-4-6/h2,8H,3-6H2,1H3;4H,1-3H3. The topological polar surface area (TPSA) is 38.3 Å². The smallest absolute Gasteiger partial charge is 0.293 e. The van der Waals surface area contributed by atoms with E-state index in [9.17, 15) is 4.79 Å². The molecule has 0 aromatic rings. The fraction of sp³-hybridized carbons (Fsp3) is 0.750. The number of ether oxygens (including phenoxy) is 1. The first-order valence-electron chi connectivity index (χ1n) is 5.46. The lowest BCUT2D eigenvalue weighted by molar-refractivity contribution is -0.138. The molecule has 0 aliphatic carbocycles. The lowest BCUT2D eigenvalue weighted by Crippen LogP contribution is -2.23. The molecule has 1 saturated heterocycles. The van der Waals surface area contributed by atoms with Crippen LogP contribution < -0.4 is 5.32 Å². The van der Waals surface area contributed by atoms with Crippen molar-refractivity contribution in [3.8, 4) is 0 Å². The summed E-state index contributed by atoms with van der Waals surface area (Å²) in [4.78, 5) is 9.60. The van der Waals surface area contributed by atoms with Gasteiger partial charge in [0.2, 0.25) is 0 Å². The van der Waals surface area contributed by atoms with Crippen molar-refractivity contribution in [1.82, 2.24) is 5.32 Å². The highest BCUT2D eigenvalue weighted by molar-refractivity contribution is 5.37. The largest absolute Gasteiger partial charge is 0.462 e. The minimum atomic E-state index is -0.318. The second kappa shape index (κ2) is 7.46. The molecule has 0 atom stereocenters. The van der Waals surface area contributed by atoms with Gasteiger partial charge in [0.15, 0.2) is 0 Å². The van der Waals surface area contributed by atoms with Crippen LogP contribution >= 0.6 is 0 Å². The average Bonchev–Trinajstić information content (AvgIpc) is 2.18. The van der Waals surface area contributed by atoms with Crippen molar-refractivity contribution in [3.05, 3.63) is 11.6 Å². The van der Waals surface area contributed by atoms with E-state index in [2.05, 4.69) is 23.1 Å². The summed E-state index contributed by atoms with van der Waals surface area (Å²) in [6.07, 6.45) is 4.84. The van der Waals surface area contributed by atoms with Gasteiger partial charge in [-0.1, -0.05) is 11.6 Å². The second-order valence-corrected chi connectivity index (χ2v) is 4.55. The van der Waals surface area contributed by atoms with E-state index in [0.717, 1.165) is 6.54 Å². The molecule has 0 amide bonds. The van der Waals surface area contributed by atoms with E-state index < -0.39 is 0 Å². The van der Waals surface area contributed by atoms with E-state index >= 15 is 0 Å². The Bertz CT molecular complexity index is 196. The van der Waals surface area contributed by atoms with Crippen LogP contribution in [0.15, 0.2) is 11.6 Å². The molecule has 0 saturated carbocycles. The number of carbonyl (C=O) groups excluding carboxylic acids is 1. The molecule has 0 aromatic heterocycles. The first kappa shape index (κ1) is 14.2. The number of allylic oxidation sites excluding steroid dienone is 1. The molecule has 0 aromatic carbocycles. The van der Waals surface area contributed by atoms with Gasteiger partial charge in [-0.15, -0.1) is 0 Å². The third-order valence-electron chi connectivity index (χ3n) is 2.01. The second-order valence-electron chi connectivity index (χ2n) is 4.55. The molecule has 1 heterocycles. The zero-order valence-corrected chi connectivity index (χ0v) is 10.3. The van der Waals surface area contributed by atoms with E-state index in [1.54, 1.807) is 5.57 Å². The monoisotopic (exact) mass is 213 g/mol. The van der Waals surface area contributed by atoms with Crippen molar-refractivity contribution < 1.29 is 9.53 Å². The van der Waals surface area contributed by atoms with Crippen LogP contribution in [-0.4, -0.2) is 25.2 Å². The number of hydrogen-bond acceptors (Lipinski definition) is 3. The number of rotatable bonds is 1. The highest BCUT2D eigenvalue weighted by Crippen LogP contribution is 2.06. The molecular weight excluding hydrogens is 190 g/mol. The number of nitrogens with one attached hydrogen (secondary N) is 1. The molecular formula is C12H23NO2. The molecule has 88 valence electrons. The lowest BCUT2D eigenvalue weighted by Gasteiger charge is -2.14. The summed E-state index contributed by atoms with van der Waals surface area (Å²) >= 11 is 0. The van der Waals surface area contributed by atoms with E-state index in [1.807, 2.05) is 20.8 Å². The van der Waals surface area contributed by atoms with Crippen LogP contribution in [0.2, 0.25) is 0 Å². The maximum atomic E-state index is 9.60. The number of hydrogen-bond donors (Lipinski definition) is 1.